The van der Waals surface area contributed by atoms with Crippen molar-refractivity contribution in [2.45, 2.75) is 79.8 Å². The van der Waals surface area contributed by atoms with E-state index in [4.69, 9.17) is 9.72 Å². The highest BCUT2D eigenvalue weighted by atomic mass is 19.1. The summed E-state index contributed by atoms with van der Waals surface area (Å²) in [4.78, 5) is 37.4. The lowest BCUT2D eigenvalue weighted by atomic mass is 9.82. The van der Waals surface area contributed by atoms with Crippen molar-refractivity contribution < 1.29 is 18.7 Å². The summed E-state index contributed by atoms with van der Waals surface area (Å²) in [6.45, 7) is 15.0. The minimum absolute atomic E-state index is 0.0124. The number of amides is 2. The number of piperidine rings is 1. The molecule has 2 aliphatic rings. The summed E-state index contributed by atoms with van der Waals surface area (Å²) in [7, 11) is 0. The fourth-order valence-corrected chi connectivity index (χ4v) is 6.57. The Labute approximate surface area is 267 Å². The third kappa shape index (κ3) is 7.84. The first-order valence-corrected chi connectivity index (χ1v) is 16.3. The molecule has 5 rings (SSSR count). The number of esters is 1. The second kappa shape index (κ2) is 14.0. The van der Waals surface area contributed by atoms with Crippen molar-refractivity contribution in [2.75, 3.05) is 37.7 Å². The van der Waals surface area contributed by atoms with Crippen LogP contribution in [0, 0.1) is 25.1 Å². The average molecular weight is 615 g/mol. The predicted octanol–water partition coefficient (Wildman–Crippen LogP) is 7.45. The number of hydrogen-bond acceptors (Lipinski definition) is 5. The summed E-state index contributed by atoms with van der Waals surface area (Å²) in [5, 5.41) is 0. The Bertz CT molecular complexity index is 1490. The van der Waals surface area contributed by atoms with Crippen LogP contribution in [0.2, 0.25) is 0 Å². The Hall–Kier alpha value is -3.94. The van der Waals surface area contributed by atoms with Gasteiger partial charge < -0.3 is 19.4 Å². The third-order valence-electron chi connectivity index (χ3n) is 9.27. The fraction of sp³-hybridized carbons (Fsp3) is 0.486. The first-order chi connectivity index (χ1) is 21.5. The molecule has 1 aromatic heterocycles. The molecule has 0 aliphatic carbocycles. The first-order valence-electron chi connectivity index (χ1n) is 16.3. The van der Waals surface area contributed by atoms with E-state index >= 15 is 0 Å². The van der Waals surface area contributed by atoms with Crippen LogP contribution < -0.4 is 4.90 Å². The zero-order valence-corrected chi connectivity index (χ0v) is 27.5. The molecule has 3 aromatic rings. The number of carbonyl (C=O) groups is 2. The summed E-state index contributed by atoms with van der Waals surface area (Å²) < 4.78 is 19.0. The summed E-state index contributed by atoms with van der Waals surface area (Å²) in [6.07, 6.45) is 4.36. The molecule has 2 amide bonds. The van der Waals surface area contributed by atoms with E-state index in [0.29, 0.717) is 19.7 Å². The van der Waals surface area contributed by atoms with E-state index in [2.05, 4.69) is 43.0 Å². The molecule has 0 atom stereocenters. The molecule has 2 fully saturated rings. The van der Waals surface area contributed by atoms with Crippen molar-refractivity contribution in [3.8, 4) is 11.1 Å². The maximum atomic E-state index is 13.6. The zero-order valence-electron chi connectivity index (χ0n) is 27.5. The van der Waals surface area contributed by atoms with E-state index in [0.717, 1.165) is 96.8 Å². The smallest absolute Gasteiger partial charge is 0.320 e. The number of anilines is 1. The van der Waals surface area contributed by atoms with E-state index in [1.807, 2.05) is 30.6 Å². The van der Waals surface area contributed by atoms with Crippen LogP contribution >= 0.6 is 0 Å². The number of likely N-dealkylation sites (tertiary alicyclic amines) is 1. The number of aromatic nitrogens is 1. The Morgan fingerprint density at radius 2 is 1.47 bits per heavy atom. The van der Waals surface area contributed by atoms with Crippen LogP contribution in [0.1, 0.15) is 74.5 Å². The average Bonchev–Trinajstić information content (AvgIpc) is 3.55. The van der Waals surface area contributed by atoms with Crippen LogP contribution in [0.4, 0.5) is 14.9 Å². The quantitative estimate of drug-likeness (QED) is 0.234. The van der Waals surface area contributed by atoms with E-state index in [-0.39, 0.29) is 29.7 Å². The number of hydrogen-bond donors (Lipinski definition) is 0. The van der Waals surface area contributed by atoms with Crippen molar-refractivity contribution in [1.29, 1.82) is 0 Å². The molecule has 3 heterocycles. The van der Waals surface area contributed by atoms with Crippen molar-refractivity contribution in [1.82, 2.24) is 14.8 Å². The monoisotopic (exact) mass is 614 g/mol. The molecule has 2 aromatic carbocycles. The largest absolute Gasteiger partial charge is 0.466 e. The normalized spacial score (nSPS) is 16.1. The van der Waals surface area contributed by atoms with Gasteiger partial charge in [-0.3, -0.25) is 9.78 Å². The Balaban J connectivity index is 1.47. The molecular weight excluding hydrogens is 567 g/mol. The van der Waals surface area contributed by atoms with Gasteiger partial charge in [0.25, 0.3) is 0 Å². The summed E-state index contributed by atoms with van der Waals surface area (Å²) in [5.41, 5.74) is 8.06. The van der Waals surface area contributed by atoms with Crippen LogP contribution in [0.5, 0.6) is 0 Å². The number of benzene rings is 2. The SMILES string of the molecule is CCOC(=O)Cc1c(C)nc(C)c(-c2ccc(CN(Cc3ccc(F)cc3)C(=O)N3CCCC3)cc2)c1N1CCC(C)(C)CC1. The second-order valence-corrected chi connectivity index (χ2v) is 13.3. The first kappa shape index (κ1) is 32.5. The van der Waals surface area contributed by atoms with Gasteiger partial charge in [-0.15, -0.1) is 0 Å². The van der Waals surface area contributed by atoms with Gasteiger partial charge in [-0.05, 0) is 80.7 Å². The lowest BCUT2D eigenvalue weighted by Gasteiger charge is -2.40. The predicted molar refractivity (Wildman–Crippen MR) is 177 cm³/mol. The van der Waals surface area contributed by atoms with Crippen molar-refractivity contribution in [3.05, 3.63) is 82.4 Å². The van der Waals surface area contributed by atoms with Gasteiger partial charge in [-0.1, -0.05) is 50.2 Å². The van der Waals surface area contributed by atoms with Crippen molar-refractivity contribution >= 4 is 17.7 Å². The number of pyridine rings is 1. The number of nitrogens with zero attached hydrogens (tertiary/aromatic N) is 4. The van der Waals surface area contributed by atoms with Crippen LogP contribution in [0.3, 0.4) is 0 Å². The van der Waals surface area contributed by atoms with Crippen LogP contribution in [0.15, 0.2) is 48.5 Å². The molecule has 0 unspecified atom stereocenters. The van der Waals surface area contributed by atoms with E-state index in [1.54, 1.807) is 12.1 Å². The number of carbonyl (C=O) groups excluding carboxylic acids is 2. The summed E-state index contributed by atoms with van der Waals surface area (Å²) in [6, 6.07) is 14.8. The number of urea groups is 1. The van der Waals surface area contributed by atoms with Crippen LogP contribution in [0.25, 0.3) is 11.1 Å². The molecule has 240 valence electrons. The lowest BCUT2D eigenvalue weighted by Crippen LogP contribution is -2.41. The Morgan fingerprint density at radius 1 is 0.889 bits per heavy atom. The Morgan fingerprint density at radius 3 is 2.04 bits per heavy atom. The van der Waals surface area contributed by atoms with Gasteiger partial charge in [-0.25, -0.2) is 9.18 Å². The summed E-state index contributed by atoms with van der Waals surface area (Å²) >= 11 is 0. The number of aryl methyl sites for hydroxylation is 2. The van der Waals surface area contributed by atoms with E-state index in [9.17, 15) is 14.0 Å². The highest BCUT2D eigenvalue weighted by molar-refractivity contribution is 5.87. The molecule has 8 heteroatoms. The maximum absolute atomic E-state index is 13.6. The van der Waals surface area contributed by atoms with Gasteiger partial charge >= 0.3 is 12.0 Å². The molecule has 0 N–H and O–H groups in total. The molecule has 0 spiro atoms. The van der Waals surface area contributed by atoms with Gasteiger partial charge in [0.15, 0.2) is 0 Å². The number of halogens is 1. The maximum Gasteiger partial charge on any atom is 0.320 e. The van der Waals surface area contributed by atoms with Gasteiger partial charge in [0.2, 0.25) is 0 Å². The molecule has 0 saturated carbocycles. The molecular formula is C37H47FN4O3. The molecule has 45 heavy (non-hydrogen) atoms. The van der Waals surface area contributed by atoms with Crippen LogP contribution in [-0.4, -0.2) is 59.6 Å². The highest BCUT2D eigenvalue weighted by Gasteiger charge is 2.31. The minimum Gasteiger partial charge on any atom is -0.466 e. The molecule has 0 bridgehead atoms. The number of ether oxygens (including phenoxy) is 1. The molecule has 7 nitrogen and oxygen atoms in total. The Kier molecular flexibility index (Phi) is 10.1. The van der Waals surface area contributed by atoms with E-state index < -0.39 is 0 Å². The standard InChI is InChI=1S/C37H47FN4O3/c1-6-45-33(43)23-32-26(2)39-27(3)34(35(32)40-21-17-37(4,5)18-22-40)30-13-9-28(10-14-30)24-42(36(44)41-19-7-8-20-41)25-29-11-15-31(38)16-12-29/h9-16H,6-8,17-25H2,1-5H3. The van der Waals surface area contributed by atoms with Gasteiger partial charge in [0.1, 0.15) is 5.82 Å². The number of rotatable bonds is 9. The van der Waals surface area contributed by atoms with Crippen molar-refractivity contribution in [2.24, 2.45) is 5.41 Å². The van der Waals surface area contributed by atoms with Gasteiger partial charge in [0, 0.05) is 61.8 Å². The zero-order chi connectivity index (χ0) is 32.1. The second-order valence-electron chi connectivity index (χ2n) is 13.3. The van der Waals surface area contributed by atoms with Crippen LogP contribution in [-0.2, 0) is 29.0 Å². The topological polar surface area (TPSA) is 66.0 Å². The fourth-order valence-electron chi connectivity index (χ4n) is 6.57. The molecule has 2 saturated heterocycles. The van der Waals surface area contributed by atoms with Crippen molar-refractivity contribution in [3.63, 3.8) is 0 Å². The summed E-state index contributed by atoms with van der Waals surface area (Å²) in [5.74, 6) is -0.527. The molecule has 0 radical (unpaired) electrons. The van der Waals surface area contributed by atoms with Gasteiger partial charge in [0.05, 0.1) is 18.7 Å². The minimum atomic E-state index is -0.286. The molecule has 2 aliphatic heterocycles. The lowest BCUT2D eigenvalue weighted by molar-refractivity contribution is -0.142. The third-order valence-corrected chi connectivity index (χ3v) is 9.27. The van der Waals surface area contributed by atoms with E-state index in [1.165, 1.54) is 12.1 Å². The van der Waals surface area contributed by atoms with Gasteiger partial charge in [-0.2, -0.15) is 0 Å². The highest BCUT2D eigenvalue weighted by Crippen LogP contribution is 2.41.